The highest BCUT2D eigenvalue weighted by Crippen LogP contribution is 2.44. The molecule has 1 aromatic carbocycles. The van der Waals surface area contributed by atoms with E-state index in [1.807, 2.05) is 11.8 Å². The second-order valence-electron chi connectivity index (χ2n) is 6.89. The molecule has 23 heavy (non-hydrogen) atoms. The lowest BCUT2D eigenvalue weighted by Gasteiger charge is -2.35. The maximum absolute atomic E-state index is 13.1. The van der Waals surface area contributed by atoms with Crippen molar-refractivity contribution >= 4 is 18.3 Å². The van der Waals surface area contributed by atoms with E-state index in [0.717, 1.165) is 44.3 Å². The Balaban J connectivity index is 0.00000192. The molecule has 0 aromatic heterocycles. The zero-order valence-electron chi connectivity index (χ0n) is 13.6. The summed E-state index contributed by atoms with van der Waals surface area (Å²) in [6.45, 7) is 3.65. The lowest BCUT2D eigenvalue weighted by Crippen LogP contribution is -2.44. The van der Waals surface area contributed by atoms with Crippen molar-refractivity contribution in [3.05, 3.63) is 35.6 Å². The van der Waals surface area contributed by atoms with Crippen LogP contribution in [0.5, 0.6) is 0 Å². The number of hydrogen-bond donors (Lipinski definition) is 1. The van der Waals surface area contributed by atoms with Gasteiger partial charge in [0.15, 0.2) is 0 Å². The molecule has 0 bridgehead atoms. The third kappa shape index (κ3) is 4.24. The highest BCUT2D eigenvalue weighted by molar-refractivity contribution is 5.85. The standard InChI is InChI=1S/C18H25FN2O.ClH/c1-12(20)13-8-10-21(11-9-13)18(22)17(14-2-3-14)15-4-6-16(19)7-5-15;/h4-7,12-14,17H,2-3,8-11,20H2,1H3;1H. The molecule has 1 aliphatic heterocycles. The molecule has 3 nitrogen and oxygen atoms in total. The Labute approximate surface area is 143 Å². The van der Waals surface area contributed by atoms with Crippen LogP contribution in [-0.4, -0.2) is 29.9 Å². The predicted molar refractivity (Wildman–Crippen MR) is 92.1 cm³/mol. The Morgan fingerprint density at radius 2 is 1.70 bits per heavy atom. The molecular formula is C18H26ClFN2O. The van der Waals surface area contributed by atoms with Gasteiger partial charge in [-0.15, -0.1) is 12.4 Å². The Bertz CT molecular complexity index is 522. The smallest absolute Gasteiger partial charge is 0.230 e. The van der Waals surface area contributed by atoms with Crippen LogP contribution in [0.1, 0.15) is 44.1 Å². The summed E-state index contributed by atoms with van der Waals surface area (Å²) in [5.41, 5.74) is 6.93. The quantitative estimate of drug-likeness (QED) is 0.913. The van der Waals surface area contributed by atoms with Crippen LogP contribution in [0, 0.1) is 17.7 Å². The van der Waals surface area contributed by atoms with Gasteiger partial charge in [0.05, 0.1) is 5.92 Å². The van der Waals surface area contributed by atoms with Crippen molar-refractivity contribution in [1.29, 1.82) is 0 Å². The molecule has 2 fully saturated rings. The molecular weight excluding hydrogens is 315 g/mol. The van der Waals surface area contributed by atoms with Crippen LogP contribution in [0.15, 0.2) is 24.3 Å². The number of hydrogen-bond acceptors (Lipinski definition) is 2. The molecule has 2 atom stereocenters. The number of carbonyl (C=O) groups excluding carboxylic acids is 1. The molecule has 1 saturated carbocycles. The molecule has 3 rings (SSSR count). The average molecular weight is 341 g/mol. The van der Waals surface area contributed by atoms with E-state index in [-0.39, 0.29) is 36.1 Å². The number of rotatable bonds is 4. The molecule has 128 valence electrons. The Kier molecular flexibility index (Phi) is 6.04. The SMILES string of the molecule is CC(N)C1CCN(C(=O)C(c2ccc(F)cc2)C2CC2)CC1.Cl. The van der Waals surface area contributed by atoms with E-state index in [4.69, 9.17) is 5.73 Å². The summed E-state index contributed by atoms with van der Waals surface area (Å²) in [7, 11) is 0. The minimum absolute atomic E-state index is 0. The summed E-state index contributed by atoms with van der Waals surface area (Å²) in [4.78, 5) is 14.9. The Morgan fingerprint density at radius 1 is 1.13 bits per heavy atom. The van der Waals surface area contributed by atoms with Crippen molar-refractivity contribution in [3.63, 3.8) is 0 Å². The summed E-state index contributed by atoms with van der Waals surface area (Å²) in [6, 6.07) is 6.66. The van der Waals surface area contributed by atoms with Gasteiger partial charge in [0.1, 0.15) is 5.82 Å². The molecule has 1 amide bonds. The second-order valence-corrected chi connectivity index (χ2v) is 6.89. The van der Waals surface area contributed by atoms with Crippen LogP contribution in [0.25, 0.3) is 0 Å². The van der Waals surface area contributed by atoms with E-state index < -0.39 is 0 Å². The fourth-order valence-corrected chi connectivity index (χ4v) is 3.56. The predicted octanol–water partition coefficient (Wildman–Crippen LogP) is 3.33. The lowest BCUT2D eigenvalue weighted by atomic mass is 9.88. The first-order chi connectivity index (χ1) is 10.6. The van der Waals surface area contributed by atoms with Crippen LogP contribution in [0.3, 0.4) is 0 Å². The van der Waals surface area contributed by atoms with Crippen LogP contribution in [0.2, 0.25) is 0 Å². The largest absolute Gasteiger partial charge is 0.342 e. The van der Waals surface area contributed by atoms with E-state index in [1.165, 1.54) is 12.1 Å². The number of nitrogens with two attached hydrogens (primary N) is 1. The summed E-state index contributed by atoms with van der Waals surface area (Å²) in [5, 5.41) is 0. The van der Waals surface area contributed by atoms with Crippen molar-refractivity contribution in [2.75, 3.05) is 13.1 Å². The topological polar surface area (TPSA) is 46.3 Å². The van der Waals surface area contributed by atoms with Crippen molar-refractivity contribution in [3.8, 4) is 0 Å². The van der Waals surface area contributed by atoms with Gasteiger partial charge in [-0.2, -0.15) is 0 Å². The lowest BCUT2D eigenvalue weighted by molar-refractivity contribution is -0.134. The third-order valence-corrected chi connectivity index (χ3v) is 5.18. The third-order valence-electron chi connectivity index (χ3n) is 5.18. The molecule has 5 heteroatoms. The number of carbonyl (C=O) groups is 1. The van der Waals surface area contributed by atoms with E-state index in [1.54, 1.807) is 12.1 Å². The Hall–Kier alpha value is -1.13. The van der Waals surface area contributed by atoms with E-state index in [2.05, 4.69) is 0 Å². The molecule has 1 heterocycles. The van der Waals surface area contributed by atoms with Gasteiger partial charge in [-0.1, -0.05) is 12.1 Å². The molecule has 2 aliphatic rings. The maximum Gasteiger partial charge on any atom is 0.230 e. The van der Waals surface area contributed by atoms with E-state index in [0.29, 0.717) is 11.8 Å². The van der Waals surface area contributed by atoms with Gasteiger partial charge in [0.2, 0.25) is 5.91 Å². The van der Waals surface area contributed by atoms with E-state index in [9.17, 15) is 9.18 Å². The van der Waals surface area contributed by atoms with Gasteiger partial charge in [0.25, 0.3) is 0 Å². The summed E-state index contributed by atoms with van der Waals surface area (Å²) in [5.74, 6) is 0.839. The first-order valence-electron chi connectivity index (χ1n) is 8.36. The van der Waals surface area contributed by atoms with Crippen molar-refractivity contribution < 1.29 is 9.18 Å². The van der Waals surface area contributed by atoms with E-state index >= 15 is 0 Å². The highest BCUT2D eigenvalue weighted by atomic mass is 35.5. The highest BCUT2D eigenvalue weighted by Gasteiger charge is 2.40. The molecule has 0 radical (unpaired) electrons. The summed E-state index contributed by atoms with van der Waals surface area (Å²) < 4.78 is 13.1. The van der Waals surface area contributed by atoms with Crippen LogP contribution < -0.4 is 5.73 Å². The van der Waals surface area contributed by atoms with Crippen LogP contribution in [-0.2, 0) is 4.79 Å². The number of nitrogens with zero attached hydrogens (tertiary/aromatic N) is 1. The molecule has 1 aliphatic carbocycles. The van der Waals surface area contributed by atoms with Crippen molar-refractivity contribution in [2.45, 2.75) is 44.6 Å². The van der Waals surface area contributed by atoms with Crippen molar-refractivity contribution in [1.82, 2.24) is 4.90 Å². The van der Waals surface area contributed by atoms with Gasteiger partial charge < -0.3 is 10.6 Å². The summed E-state index contributed by atoms with van der Waals surface area (Å²) in [6.07, 6.45) is 4.18. The minimum Gasteiger partial charge on any atom is -0.342 e. The fourth-order valence-electron chi connectivity index (χ4n) is 3.56. The number of halogens is 2. The van der Waals surface area contributed by atoms with Gasteiger partial charge >= 0.3 is 0 Å². The minimum atomic E-state index is -0.247. The van der Waals surface area contributed by atoms with Crippen LogP contribution in [0.4, 0.5) is 4.39 Å². The first kappa shape index (κ1) is 18.2. The van der Waals surface area contributed by atoms with Crippen molar-refractivity contribution in [2.24, 2.45) is 17.6 Å². The van der Waals surface area contributed by atoms with Gasteiger partial charge in [-0.25, -0.2) is 4.39 Å². The number of amides is 1. The average Bonchev–Trinajstić information content (AvgIpc) is 3.34. The second kappa shape index (κ2) is 7.63. The molecule has 1 saturated heterocycles. The number of piperidine rings is 1. The molecule has 2 N–H and O–H groups in total. The van der Waals surface area contributed by atoms with Gasteiger partial charge in [0, 0.05) is 19.1 Å². The molecule has 0 spiro atoms. The van der Waals surface area contributed by atoms with Crippen LogP contribution >= 0.6 is 12.4 Å². The first-order valence-corrected chi connectivity index (χ1v) is 8.36. The van der Waals surface area contributed by atoms with Gasteiger partial charge in [-0.3, -0.25) is 4.79 Å². The summed E-state index contributed by atoms with van der Waals surface area (Å²) >= 11 is 0. The van der Waals surface area contributed by atoms with Gasteiger partial charge in [-0.05, 0) is 62.1 Å². The molecule has 1 aromatic rings. The Morgan fingerprint density at radius 3 is 2.17 bits per heavy atom. The molecule has 2 unspecified atom stereocenters. The normalized spacial score (nSPS) is 21.4. The zero-order chi connectivity index (χ0) is 15.7. The number of likely N-dealkylation sites (tertiary alicyclic amines) is 1. The monoisotopic (exact) mass is 340 g/mol. The number of benzene rings is 1. The maximum atomic E-state index is 13.1. The zero-order valence-corrected chi connectivity index (χ0v) is 14.4. The fraction of sp³-hybridized carbons (Fsp3) is 0.611.